The van der Waals surface area contributed by atoms with Gasteiger partial charge in [0.1, 0.15) is 5.75 Å². The Kier molecular flexibility index (Phi) is 3.18. The van der Waals surface area contributed by atoms with Crippen molar-refractivity contribution in [3.05, 3.63) is 48.4 Å². The molecule has 0 aliphatic carbocycles. The summed E-state index contributed by atoms with van der Waals surface area (Å²) in [5, 5.41) is 13.3. The predicted octanol–water partition coefficient (Wildman–Crippen LogP) is 1.41. The number of H-pyrrole nitrogens is 1. The molecule has 2 heterocycles. The summed E-state index contributed by atoms with van der Waals surface area (Å²) in [4.78, 5) is 11.1. The Morgan fingerprint density at radius 2 is 2.30 bits per heavy atom. The number of imidazole rings is 1. The van der Waals surface area contributed by atoms with E-state index in [-0.39, 0.29) is 5.75 Å². The molecule has 1 unspecified atom stereocenters. The van der Waals surface area contributed by atoms with Crippen LogP contribution in [-0.2, 0) is 6.42 Å². The molecule has 2 aromatic heterocycles. The maximum Gasteiger partial charge on any atom is 0.244 e. The van der Waals surface area contributed by atoms with E-state index in [1.165, 1.54) is 0 Å². The quantitative estimate of drug-likeness (QED) is 0.661. The molecule has 20 heavy (non-hydrogen) atoms. The molecule has 0 spiro atoms. The molecule has 0 saturated heterocycles. The second-order valence-electron chi connectivity index (χ2n) is 4.39. The van der Waals surface area contributed by atoms with Crippen LogP contribution < -0.4 is 5.73 Å². The summed E-state index contributed by atoms with van der Waals surface area (Å²) in [7, 11) is 0. The van der Waals surface area contributed by atoms with E-state index in [4.69, 9.17) is 10.3 Å². The molecule has 7 heteroatoms. The Labute approximate surface area is 114 Å². The number of nitrogens with two attached hydrogens (primary N) is 1. The maximum absolute atomic E-state index is 9.44. The van der Waals surface area contributed by atoms with Gasteiger partial charge in [-0.05, 0) is 12.1 Å². The normalized spacial score (nSPS) is 12.4. The third-order valence-corrected chi connectivity index (χ3v) is 2.86. The first-order valence-corrected chi connectivity index (χ1v) is 6.08. The van der Waals surface area contributed by atoms with Gasteiger partial charge < -0.3 is 20.3 Å². The number of hydrogen-bond donors (Lipinski definition) is 3. The largest absolute Gasteiger partial charge is 0.508 e. The number of rotatable bonds is 4. The van der Waals surface area contributed by atoms with E-state index in [2.05, 4.69) is 20.1 Å². The fourth-order valence-corrected chi connectivity index (χ4v) is 1.87. The number of benzene rings is 1. The Morgan fingerprint density at radius 1 is 1.40 bits per heavy atom. The van der Waals surface area contributed by atoms with Crippen molar-refractivity contribution in [1.29, 1.82) is 0 Å². The van der Waals surface area contributed by atoms with Gasteiger partial charge in [0, 0.05) is 23.9 Å². The number of nitrogens with zero attached hydrogens (tertiary/aromatic N) is 3. The third-order valence-electron chi connectivity index (χ3n) is 2.86. The van der Waals surface area contributed by atoms with Crippen molar-refractivity contribution in [1.82, 2.24) is 20.1 Å². The topological polar surface area (TPSA) is 114 Å². The van der Waals surface area contributed by atoms with Crippen LogP contribution >= 0.6 is 0 Å². The molecule has 1 atom stereocenters. The molecular weight excluding hydrogens is 258 g/mol. The van der Waals surface area contributed by atoms with E-state index in [0.717, 1.165) is 5.69 Å². The molecule has 3 rings (SSSR count). The third kappa shape index (κ3) is 2.52. The summed E-state index contributed by atoms with van der Waals surface area (Å²) in [6.07, 6.45) is 3.82. The first-order valence-electron chi connectivity index (χ1n) is 6.08. The summed E-state index contributed by atoms with van der Waals surface area (Å²) >= 11 is 0. The van der Waals surface area contributed by atoms with Crippen molar-refractivity contribution >= 4 is 0 Å². The molecule has 0 amide bonds. The second-order valence-corrected chi connectivity index (χ2v) is 4.39. The SMILES string of the molecule is NC(Cc1cnc[nH]1)c1nc(-c2cccc(O)c2)no1. The lowest BCUT2D eigenvalue weighted by Crippen LogP contribution is -2.13. The summed E-state index contributed by atoms with van der Waals surface area (Å²) < 4.78 is 5.17. The smallest absolute Gasteiger partial charge is 0.244 e. The standard InChI is InChI=1S/C13H13N5O2/c14-11(5-9-6-15-7-16-9)13-17-12(18-20-13)8-2-1-3-10(19)4-8/h1-4,6-7,11,19H,5,14H2,(H,15,16). The first kappa shape index (κ1) is 12.4. The zero-order valence-electron chi connectivity index (χ0n) is 10.5. The van der Waals surface area contributed by atoms with Crippen molar-refractivity contribution in [2.24, 2.45) is 5.73 Å². The number of phenols is 1. The summed E-state index contributed by atoms with van der Waals surface area (Å²) in [5.74, 6) is 0.893. The van der Waals surface area contributed by atoms with Crippen LogP contribution in [0.4, 0.5) is 0 Å². The maximum atomic E-state index is 9.44. The van der Waals surface area contributed by atoms with Crippen molar-refractivity contribution in [3.8, 4) is 17.1 Å². The van der Waals surface area contributed by atoms with E-state index in [9.17, 15) is 5.11 Å². The average Bonchev–Trinajstić information content (AvgIpc) is 3.09. The van der Waals surface area contributed by atoms with Crippen molar-refractivity contribution < 1.29 is 9.63 Å². The lowest BCUT2D eigenvalue weighted by atomic mass is 10.2. The van der Waals surface area contributed by atoms with E-state index < -0.39 is 6.04 Å². The van der Waals surface area contributed by atoms with Crippen LogP contribution in [0.25, 0.3) is 11.4 Å². The molecule has 0 fully saturated rings. The van der Waals surface area contributed by atoms with Crippen LogP contribution in [0.1, 0.15) is 17.6 Å². The lowest BCUT2D eigenvalue weighted by molar-refractivity contribution is 0.354. The molecule has 7 nitrogen and oxygen atoms in total. The van der Waals surface area contributed by atoms with E-state index >= 15 is 0 Å². The molecule has 0 aliphatic rings. The van der Waals surface area contributed by atoms with Gasteiger partial charge in [0.2, 0.25) is 11.7 Å². The Morgan fingerprint density at radius 3 is 3.05 bits per heavy atom. The van der Waals surface area contributed by atoms with Crippen molar-refractivity contribution in [2.75, 3.05) is 0 Å². The summed E-state index contributed by atoms with van der Waals surface area (Å²) in [6.45, 7) is 0. The van der Waals surface area contributed by atoms with Gasteiger partial charge in [-0.1, -0.05) is 17.3 Å². The number of nitrogens with one attached hydrogen (secondary N) is 1. The Hall–Kier alpha value is -2.67. The van der Waals surface area contributed by atoms with Crippen LogP contribution in [0.5, 0.6) is 5.75 Å². The number of aromatic hydroxyl groups is 1. The van der Waals surface area contributed by atoms with Gasteiger partial charge in [-0.2, -0.15) is 4.98 Å². The van der Waals surface area contributed by atoms with E-state index in [1.54, 1.807) is 36.8 Å². The highest BCUT2D eigenvalue weighted by Gasteiger charge is 2.17. The second kappa shape index (κ2) is 5.14. The molecule has 1 aromatic carbocycles. The van der Waals surface area contributed by atoms with Gasteiger partial charge in [0.15, 0.2) is 0 Å². The lowest BCUT2D eigenvalue weighted by Gasteiger charge is -2.03. The van der Waals surface area contributed by atoms with Gasteiger partial charge in [-0.3, -0.25) is 0 Å². The number of phenolic OH excluding ortho intramolecular Hbond substituents is 1. The molecule has 4 N–H and O–H groups in total. The minimum absolute atomic E-state index is 0.149. The fraction of sp³-hybridized carbons (Fsp3) is 0.154. The van der Waals surface area contributed by atoms with Gasteiger partial charge in [-0.25, -0.2) is 4.98 Å². The molecule has 0 bridgehead atoms. The van der Waals surface area contributed by atoms with Gasteiger partial charge in [-0.15, -0.1) is 0 Å². The van der Waals surface area contributed by atoms with Crippen LogP contribution in [-0.4, -0.2) is 25.2 Å². The van der Waals surface area contributed by atoms with Gasteiger partial charge >= 0.3 is 0 Å². The average molecular weight is 271 g/mol. The highest BCUT2D eigenvalue weighted by molar-refractivity contribution is 5.56. The molecule has 102 valence electrons. The minimum atomic E-state index is -0.408. The van der Waals surface area contributed by atoms with Crippen LogP contribution in [0.15, 0.2) is 41.3 Å². The van der Waals surface area contributed by atoms with Crippen LogP contribution in [0, 0.1) is 0 Å². The van der Waals surface area contributed by atoms with Gasteiger partial charge in [0.25, 0.3) is 0 Å². The summed E-state index contributed by atoms with van der Waals surface area (Å²) in [5.41, 5.74) is 7.59. The highest BCUT2D eigenvalue weighted by Crippen LogP contribution is 2.22. The molecule has 0 radical (unpaired) electrons. The number of hydrogen-bond acceptors (Lipinski definition) is 6. The van der Waals surface area contributed by atoms with E-state index in [1.807, 2.05) is 0 Å². The molecular formula is C13H13N5O2. The number of aromatic amines is 1. The highest BCUT2D eigenvalue weighted by atomic mass is 16.5. The molecule has 0 saturated carbocycles. The van der Waals surface area contributed by atoms with Crippen LogP contribution in [0.3, 0.4) is 0 Å². The van der Waals surface area contributed by atoms with E-state index in [0.29, 0.717) is 23.7 Å². The number of aromatic nitrogens is 4. The summed E-state index contributed by atoms with van der Waals surface area (Å²) in [6, 6.07) is 6.23. The Balaban J connectivity index is 1.79. The predicted molar refractivity (Wildman–Crippen MR) is 70.6 cm³/mol. The first-order chi connectivity index (χ1) is 9.72. The van der Waals surface area contributed by atoms with Crippen molar-refractivity contribution in [3.63, 3.8) is 0 Å². The minimum Gasteiger partial charge on any atom is -0.508 e. The zero-order chi connectivity index (χ0) is 13.9. The Bertz CT molecular complexity index is 692. The fourth-order valence-electron chi connectivity index (χ4n) is 1.87. The van der Waals surface area contributed by atoms with Gasteiger partial charge in [0.05, 0.1) is 12.4 Å². The van der Waals surface area contributed by atoms with Crippen LogP contribution in [0.2, 0.25) is 0 Å². The molecule has 0 aliphatic heterocycles. The monoisotopic (exact) mass is 271 g/mol. The molecule has 3 aromatic rings. The van der Waals surface area contributed by atoms with Crippen molar-refractivity contribution in [2.45, 2.75) is 12.5 Å². The zero-order valence-corrected chi connectivity index (χ0v) is 10.5.